The molecule has 2 aromatic heterocycles. The van der Waals surface area contributed by atoms with Gasteiger partial charge in [0.15, 0.2) is 0 Å². The van der Waals surface area contributed by atoms with Gasteiger partial charge in [-0.2, -0.15) is 5.10 Å². The number of benzene rings is 2. The zero-order valence-corrected chi connectivity index (χ0v) is 17.1. The molecule has 0 aliphatic carbocycles. The Morgan fingerprint density at radius 3 is 2.72 bits per heavy atom. The van der Waals surface area contributed by atoms with Crippen molar-refractivity contribution in [1.82, 2.24) is 19.7 Å². The molecule has 0 spiro atoms. The van der Waals surface area contributed by atoms with E-state index in [2.05, 4.69) is 70.7 Å². The van der Waals surface area contributed by atoms with Crippen LogP contribution in [0, 0.1) is 6.92 Å². The van der Waals surface area contributed by atoms with Crippen molar-refractivity contribution < 1.29 is 0 Å². The number of hydrogen-bond acceptors (Lipinski definition) is 3. The molecule has 5 nitrogen and oxygen atoms in total. The van der Waals surface area contributed by atoms with Crippen LogP contribution in [0.2, 0.25) is 0 Å². The molecule has 0 amide bonds. The van der Waals surface area contributed by atoms with Crippen molar-refractivity contribution in [3.05, 3.63) is 81.8 Å². The first-order chi connectivity index (χ1) is 14.1. The molecule has 0 saturated heterocycles. The van der Waals surface area contributed by atoms with Gasteiger partial charge in [-0.05, 0) is 44.2 Å². The predicted octanol–water partition coefficient (Wildman–Crippen LogP) is 4.35. The Morgan fingerprint density at radius 1 is 1.17 bits per heavy atom. The van der Waals surface area contributed by atoms with Crippen LogP contribution in [-0.4, -0.2) is 33.3 Å². The Labute approximate surface area is 170 Å². The first-order valence-corrected chi connectivity index (χ1v) is 9.98. The van der Waals surface area contributed by atoms with E-state index in [1.54, 1.807) is 0 Å². The van der Waals surface area contributed by atoms with Crippen LogP contribution >= 0.6 is 0 Å². The Balaban J connectivity index is 1.62. The fourth-order valence-electron chi connectivity index (χ4n) is 3.85. The first-order valence-electron chi connectivity index (χ1n) is 9.98. The van der Waals surface area contributed by atoms with Crippen LogP contribution in [-0.2, 0) is 13.1 Å². The molecule has 1 N–H and O–H groups in total. The lowest BCUT2D eigenvalue weighted by molar-refractivity contribution is 0.364. The van der Waals surface area contributed by atoms with Gasteiger partial charge >= 0.3 is 0 Å². The molecule has 0 atom stereocenters. The van der Waals surface area contributed by atoms with Crippen molar-refractivity contribution in [2.24, 2.45) is 0 Å². The van der Waals surface area contributed by atoms with Crippen LogP contribution in [0.25, 0.3) is 27.9 Å². The largest absolute Gasteiger partial charge is 0.308 e. The highest BCUT2D eigenvalue weighted by Gasteiger charge is 2.14. The fraction of sp³-hybridized carbons (Fsp3) is 0.250. The predicted molar refractivity (Wildman–Crippen MR) is 120 cm³/mol. The van der Waals surface area contributed by atoms with Crippen LogP contribution in [0.15, 0.2) is 59.4 Å². The highest BCUT2D eigenvalue weighted by Crippen LogP contribution is 2.24. The lowest BCUT2D eigenvalue weighted by Crippen LogP contribution is -2.20. The zero-order valence-electron chi connectivity index (χ0n) is 17.1. The summed E-state index contributed by atoms with van der Waals surface area (Å²) in [6.07, 6.45) is 4.31. The summed E-state index contributed by atoms with van der Waals surface area (Å²) in [6.45, 7) is 6.31. The lowest BCUT2D eigenvalue weighted by Gasteiger charge is -2.14. The van der Waals surface area contributed by atoms with Crippen molar-refractivity contribution in [3.63, 3.8) is 0 Å². The van der Waals surface area contributed by atoms with Crippen LogP contribution < -0.4 is 5.56 Å². The van der Waals surface area contributed by atoms with E-state index >= 15 is 0 Å². The third-order valence-electron chi connectivity index (χ3n) is 5.31. The van der Waals surface area contributed by atoms with E-state index in [9.17, 15) is 4.79 Å². The second kappa shape index (κ2) is 8.05. The van der Waals surface area contributed by atoms with Crippen molar-refractivity contribution in [2.75, 3.05) is 13.6 Å². The number of pyridine rings is 1. The second-order valence-electron chi connectivity index (χ2n) is 7.48. The first kappa shape index (κ1) is 19.2. The maximum absolute atomic E-state index is 12.8. The van der Waals surface area contributed by atoms with Gasteiger partial charge in [0.1, 0.15) is 5.52 Å². The minimum Gasteiger partial charge on any atom is -0.308 e. The zero-order chi connectivity index (χ0) is 20.4. The molecule has 0 aliphatic heterocycles. The summed E-state index contributed by atoms with van der Waals surface area (Å²) >= 11 is 0. The third kappa shape index (κ3) is 3.74. The summed E-state index contributed by atoms with van der Waals surface area (Å²) in [5.41, 5.74) is 4.93. The molecule has 4 aromatic rings. The van der Waals surface area contributed by atoms with E-state index in [1.165, 1.54) is 5.56 Å². The highest BCUT2D eigenvalue weighted by molar-refractivity contribution is 6.04. The number of aromatic nitrogens is 3. The van der Waals surface area contributed by atoms with Crippen molar-refractivity contribution >= 4 is 27.9 Å². The molecular weight excluding hydrogens is 360 g/mol. The summed E-state index contributed by atoms with van der Waals surface area (Å²) in [5.74, 6) is 0. The average molecular weight is 386 g/mol. The standard InChI is InChI=1S/C24H26N4O/c1-4-28-21-13-12-18(11-8-14-27(3)16-19-9-6-5-7-10-19)15-20(21)23-22(24(28)29)17(2)25-26-23/h5-13,15H,4,14,16H2,1-3H3,(H,25,26)/b11-8+. The number of H-pyrrole nitrogens is 1. The van der Waals surface area contributed by atoms with Gasteiger partial charge in [0.2, 0.25) is 0 Å². The van der Waals surface area contributed by atoms with Crippen molar-refractivity contribution in [2.45, 2.75) is 26.9 Å². The molecule has 0 bridgehead atoms. The smallest absolute Gasteiger partial charge is 0.262 e. The number of aryl methyl sites for hydroxylation is 2. The molecule has 0 aliphatic rings. The minimum absolute atomic E-state index is 0.0204. The number of nitrogens with zero attached hydrogens (tertiary/aromatic N) is 3. The molecule has 0 fully saturated rings. The summed E-state index contributed by atoms with van der Waals surface area (Å²) in [6, 6.07) is 16.7. The highest BCUT2D eigenvalue weighted by atomic mass is 16.1. The number of nitrogens with one attached hydrogen (secondary N) is 1. The number of hydrogen-bond donors (Lipinski definition) is 1. The molecule has 148 valence electrons. The molecular formula is C24H26N4O. The van der Waals surface area contributed by atoms with Crippen LogP contribution in [0.1, 0.15) is 23.7 Å². The monoisotopic (exact) mass is 386 g/mol. The third-order valence-corrected chi connectivity index (χ3v) is 5.31. The summed E-state index contributed by atoms with van der Waals surface area (Å²) in [5, 5.41) is 9.07. The van der Waals surface area contributed by atoms with Gasteiger partial charge in [-0.1, -0.05) is 48.6 Å². The molecule has 5 heteroatoms. The molecule has 0 radical (unpaired) electrons. The molecule has 4 rings (SSSR count). The Hall–Kier alpha value is -3.18. The Bertz CT molecular complexity index is 1230. The summed E-state index contributed by atoms with van der Waals surface area (Å²) in [7, 11) is 2.12. The van der Waals surface area contributed by atoms with E-state index in [4.69, 9.17) is 0 Å². The quantitative estimate of drug-likeness (QED) is 0.536. The Morgan fingerprint density at radius 2 is 1.97 bits per heavy atom. The molecule has 2 heterocycles. The molecule has 2 aromatic carbocycles. The normalized spacial score (nSPS) is 12.0. The van der Waals surface area contributed by atoms with Gasteiger partial charge < -0.3 is 4.57 Å². The van der Waals surface area contributed by atoms with Crippen LogP contribution in [0.5, 0.6) is 0 Å². The van der Waals surface area contributed by atoms with E-state index in [0.29, 0.717) is 11.9 Å². The fourth-order valence-corrected chi connectivity index (χ4v) is 3.85. The Kier molecular flexibility index (Phi) is 5.32. The van der Waals surface area contributed by atoms with Crippen molar-refractivity contribution in [1.29, 1.82) is 0 Å². The second-order valence-corrected chi connectivity index (χ2v) is 7.48. The maximum atomic E-state index is 12.8. The van der Waals surface area contributed by atoms with Gasteiger partial charge in [0.25, 0.3) is 5.56 Å². The minimum atomic E-state index is 0.0204. The lowest BCUT2D eigenvalue weighted by atomic mass is 10.1. The van der Waals surface area contributed by atoms with Gasteiger partial charge in [0.05, 0.1) is 10.9 Å². The molecule has 0 unspecified atom stereocenters. The van der Waals surface area contributed by atoms with Gasteiger partial charge in [-0.15, -0.1) is 0 Å². The number of rotatable bonds is 6. The summed E-state index contributed by atoms with van der Waals surface area (Å²) in [4.78, 5) is 15.1. The van der Waals surface area contributed by atoms with Gasteiger partial charge in [-0.3, -0.25) is 14.8 Å². The van der Waals surface area contributed by atoms with E-state index in [-0.39, 0.29) is 5.56 Å². The van der Waals surface area contributed by atoms with Crippen molar-refractivity contribution in [3.8, 4) is 0 Å². The van der Waals surface area contributed by atoms with Crippen LogP contribution in [0.3, 0.4) is 0 Å². The van der Waals surface area contributed by atoms with Gasteiger partial charge in [-0.25, -0.2) is 0 Å². The molecule has 0 saturated carbocycles. The van der Waals surface area contributed by atoms with E-state index in [1.807, 2.05) is 30.5 Å². The number of likely N-dealkylation sites (N-methyl/N-ethyl adjacent to an activating group) is 1. The maximum Gasteiger partial charge on any atom is 0.262 e. The van der Waals surface area contributed by atoms with Crippen LogP contribution in [0.4, 0.5) is 0 Å². The van der Waals surface area contributed by atoms with Gasteiger partial charge in [0, 0.05) is 30.7 Å². The topological polar surface area (TPSA) is 53.9 Å². The van der Waals surface area contributed by atoms with E-state index < -0.39 is 0 Å². The van der Waals surface area contributed by atoms with E-state index in [0.717, 1.165) is 40.8 Å². The number of fused-ring (bicyclic) bond motifs is 3. The molecule has 29 heavy (non-hydrogen) atoms. The summed E-state index contributed by atoms with van der Waals surface area (Å²) < 4.78 is 1.82. The average Bonchev–Trinajstić information content (AvgIpc) is 3.11. The SMILES string of the molecule is CCn1c(=O)c2c(C)[nH]nc2c2cc(/C=C/CN(C)Cc3ccccc3)ccc21. The number of aromatic amines is 1.